The Morgan fingerprint density at radius 3 is 3.00 bits per heavy atom. The number of carbonyl (C=O) groups is 2. The first-order valence-corrected chi connectivity index (χ1v) is 9.19. The number of ether oxygens (including phenoxy) is 2. The van der Waals surface area contributed by atoms with Gasteiger partial charge >= 0.3 is 6.03 Å². The van der Waals surface area contributed by atoms with E-state index in [1.54, 1.807) is 12.0 Å². The molecule has 1 aromatic rings. The van der Waals surface area contributed by atoms with Crippen LogP contribution in [0.3, 0.4) is 0 Å². The van der Waals surface area contributed by atoms with E-state index in [0.29, 0.717) is 25.3 Å². The van der Waals surface area contributed by atoms with Crippen molar-refractivity contribution >= 4 is 17.6 Å². The van der Waals surface area contributed by atoms with Crippen molar-refractivity contribution in [2.24, 2.45) is 0 Å². The molecule has 2 N–H and O–H groups in total. The van der Waals surface area contributed by atoms with Crippen LogP contribution in [0.1, 0.15) is 32.6 Å². The quantitative estimate of drug-likeness (QED) is 0.841. The molecule has 26 heavy (non-hydrogen) atoms. The van der Waals surface area contributed by atoms with Crippen LogP contribution in [0.5, 0.6) is 5.75 Å². The molecule has 0 spiro atoms. The molecule has 7 nitrogen and oxygen atoms in total. The number of rotatable bonds is 5. The molecule has 3 unspecified atom stereocenters. The van der Waals surface area contributed by atoms with Gasteiger partial charge in [0.2, 0.25) is 5.91 Å². The molecule has 3 rings (SSSR count). The SMILES string of the molecule is COc1cccc(N2CC(NC(=O)NCC3CCCC(C)O3)CC2=O)c1. The van der Waals surface area contributed by atoms with Crippen molar-refractivity contribution in [2.75, 3.05) is 25.1 Å². The summed E-state index contributed by atoms with van der Waals surface area (Å²) >= 11 is 0. The van der Waals surface area contributed by atoms with Gasteiger partial charge in [0.15, 0.2) is 0 Å². The Balaban J connectivity index is 1.48. The predicted molar refractivity (Wildman–Crippen MR) is 98.5 cm³/mol. The van der Waals surface area contributed by atoms with Crippen molar-refractivity contribution in [3.63, 3.8) is 0 Å². The summed E-state index contributed by atoms with van der Waals surface area (Å²) in [5.41, 5.74) is 0.781. The van der Waals surface area contributed by atoms with E-state index in [2.05, 4.69) is 17.6 Å². The van der Waals surface area contributed by atoms with Crippen LogP contribution in [0.4, 0.5) is 10.5 Å². The van der Waals surface area contributed by atoms with Gasteiger partial charge in [-0.2, -0.15) is 0 Å². The highest BCUT2D eigenvalue weighted by Crippen LogP contribution is 2.25. The Morgan fingerprint density at radius 1 is 1.38 bits per heavy atom. The summed E-state index contributed by atoms with van der Waals surface area (Å²) in [4.78, 5) is 26.1. The van der Waals surface area contributed by atoms with Crippen LogP contribution >= 0.6 is 0 Å². The number of urea groups is 1. The fraction of sp³-hybridized carbons (Fsp3) is 0.579. The number of methoxy groups -OCH3 is 1. The van der Waals surface area contributed by atoms with Crippen LogP contribution in [-0.2, 0) is 9.53 Å². The van der Waals surface area contributed by atoms with E-state index in [4.69, 9.17) is 9.47 Å². The minimum Gasteiger partial charge on any atom is -0.497 e. The molecular formula is C19H27N3O4. The largest absolute Gasteiger partial charge is 0.497 e. The normalized spacial score (nSPS) is 25.8. The Bertz CT molecular complexity index is 651. The molecule has 2 aliphatic heterocycles. The smallest absolute Gasteiger partial charge is 0.315 e. The lowest BCUT2D eigenvalue weighted by molar-refractivity contribution is -0.117. The lowest BCUT2D eigenvalue weighted by Crippen LogP contribution is -2.46. The van der Waals surface area contributed by atoms with Crippen LogP contribution in [-0.4, -0.2) is 50.4 Å². The molecule has 2 aliphatic rings. The fourth-order valence-electron chi connectivity index (χ4n) is 3.52. The van der Waals surface area contributed by atoms with Crippen molar-refractivity contribution in [2.45, 2.75) is 50.9 Å². The lowest BCUT2D eigenvalue weighted by Gasteiger charge is -2.28. The number of benzene rings is 1. The second-order valence-corrected chi connectivity index (χ2v) is 6.96. The van der Waals surface area contributed by atoms with Gasteiger partial charge in [-0.1, -0.05) is 6.07 Å². The van der Waals surface area contributed by atoms with Gasteiger partial charge in [-0.05, 0) is 38.3 Å². The monoisotopic (exact) mass is 361 g/mol. The second-order valence-electron chi connectivity index (χ2n) is 6.96. The predicted octanol–water partition coefficient (Wildman–Crippen LogP) is 2.06. The number of amides is 3. The van der Waals surface area contributed by atoms with Crippen molar-refractivity contribution in [1.82, 2.24) is 10.6 Å². The third-order valence-corrected chi connectivity index (χ3v) is 4.88. The topological polar surface area (TPSA) is 79.9 Å². The van der Waals surface area contributed by atoms with Crippen LogP contribution < -0.4 is 20.3 Å². The second kappa shape index (κ2) is 8.40. The van der Waals surface area contributed by atoms with Crippen LogP contribution in [0.15, 0.2) is 24.3 Å². The first kappa shape index (κ1) is 18.5. The number of hydrogen-bond donors (Lipinski definition) is 2. The molecular weight excluding hydrogens is 334 g/mol. The third-order valence-electron chi connectivity index (χ3n) is 4.88. The third kappa shape index (κ3) is 4.66. The summed E-state index contributed by atoms with van der Waals surface area (Å²) in [7, 11) is 1.59. The zero-order chi connectivity index (χ0) is 18.5. The number of hydrogen-bond acceptors (Lipinski definition) is 4. The molecule has 7 heteroatoms. The molecule has 2 heterocycles. The first-order chi connectivity index (χ1) is 12.5. The van der Waals surface area contributed by atoms with E-state index in [-0.39, 0.29) is 30.2 Å². The zero-order valence-corrected chi connectivity index (χ0v) is 15.4. The molecule has 0 radical (unpaired) electrons. The van der Waals surface area contributed by atoms with Crippen LogP contribution in [0.2, 0.25) is 0 Å². The Morgan fingerprint density at radius 2 is 2.23 bits per heavy atom. The van der Waals surface area contributed by atoms with Crippen LogP contribution in [0.25, 0.3) is 0 Å². The highest BCUT2D eigenvalue weighted by Gasteiger charge is 2.32. The van der Waals surface area contributed by atoms with Gasteiger partial charge in [-0.25, -0.2) is 4.79 Å². The summed E-state index contributed by atoms with van der Waals surface area (Å²) in [6.45, 7) is 3.01. The van der Waals surface area contributed by atoms with E-state index in [1.165, 1.54) is 0 Å². The summed E-state index contributed by atoms with van der Waals surface area (Å²) in [6.07, 6.45) is 3.79. The number of carbonyl (C=O) groups excluding carboxylic acids is 2. The molecule has 0 bridgehead atoms. The standard InChI is InChI=1S/C19H27N3O4/c1-13-5-3-8-17(26-13)11-20-19(24)21-14-9-18(23)22(12-14)15-6-4-7-16(10-15)25-2/h4,6-7,10,13-14,17H,3,5,8-9,11-12H2,1-2H3,(H2,20,21,24). The maximum Gasteiger partial charge on any atom is 0.315 e. The van der Waals surface area contributed by atoms with E-state index >= 15 is 0 Å². The molecule has 0 aliphatic carbocycles. The molecule has 3 amide bonds. The maximum atomic E-state index is 12.3. The van der Waals surface area contributed by atoms with Gasteiger partial charge in [0.1, 0.15) is 5.75 Å². The highest BCUT2D eigenvalue weighted by molar-refractivity contribution is 5.97. The van der Waals surface area contributed by atoms with E-state index in [9.17, 15) is 9.59 Å². The minimum absolute atomic E-state index is 0.00649. The van der Waals surface area contributed by atoms with Crippen molar-refractivity contribution in [1.29, 1.82) is 0 Å². The van der Waals surface area contributed by atoms with E-state index < -0.39 is 0 Å². The maximum absolute atomic E-state index is 12.3. The number of nitrogens with zero attached hydrogens (tertiary/aromatic N) is 1. The molecule has 2 saturated heterocycles. The van der Waals surface area contributed by atoms with Crippen molar-refractivity contribution in [3.8, 4) is 5.75 Å². The van der Waals surface area contributed by atoms with Crippen molar-refractivity contribution in [3.05, 3.63) is 24.3 Å². The van der Waals surface area contributed by atoms with Gasteiger partial charge in [0.25, 0.3) is 0 Å². The fourth-order valence-corrected chi connectivity index (χ4v) is 3.52. The van der Waals surface area contributed by atoms with Crippen molar-refractivity contribution < 1.29 is 19.1 Å². The number of anilines is 1. The molecule has 0 aromatic heterocycles. The average molecular weight is 361 g/mol. The van der Waals surface area contributed by atoms with Gasteiger partial charge in [0.05, 0.1) is 25.4 Å². The minimum atomic E-state index is -0.253. The van der Waals surface area contributed by atoms with Gasteiger partial charge in [-0.3, -0.25) is 4.79 Å². The molecule has 1 aromatic carbocycles. The summed E-state index contributed by atoms with van der Waals surface area (Å²) in [5.74, 6) is 0.694. The average Bonchev–Trinajstić information content (AvgIpc) is 3.00. The summed E-state index contributed by atoms with van der Waals surface area (Å²) in [5, 5.41) is 5.75. The highest BCUT2D eigenvalue weighted by atomic mass is 16.5. The molecule has 3 atom stereocenters. The van der Waals surface area contributed by atoms with E-state index in [1.807, 2.05) is 24.3 Å². The Labute approximate surface area is 154 Å². The zero-order valence-electron chi connectivity index (χ0n) is 15.4. The van der Waals surface area contributed by atoms with Gasteiger partial charge in [-0.15, -0.1) is 0 Å². The lowest BCUT2D eigenvalue weighted by atomic mass is 10.1. The molecule has 0 saturated carbocycles. The van der Waals surface area contributed by atoms with Gasteiger partial charge in [0, 0.05) is 31.3 Å². The molecule has 2 fully saturated rings. The first-order valence-electron chi connectivity index (χ1n) is 9.19. The molecule has 142 valence electrons. The Hall–Kier alpha value is -2.28. The van der Waals surface area contributed by atoms with E-state index in [0.717, 1.165) is 24.9 Å². The Kier molecular flexibility index (Phi) is 5.98. The van der Waals surface area contributed by atoms with Gasteiger partial charge < -0.3 is 25.0 Å². The van der Waals surface area contributed by atoms with Crippen LogP contribution in [0, 0.1) is 0 Å². The summed E-state index contributed by atoms with van der Waals surface area (Å²) in [6, 6.07) is 6.91. The number of nitrogens with one attached hydrogen (secondary N) is 2. The summed E-state index contributed by atoms with van der Waals surface area (Å²) < 4.78 is 11.0.